The van der Waals surface area contributed by atoms with E-state index in [-0.39, 0.29) is 17.1 Å². The molecular formula is C28H26N4O5S. The highest BCUT2D eigenvalue weighted by Crippen LogP contribution is 2.38. The summed E-state index contributed by atoms with van der Waals surface area (Å²) < 4.78 is 42.1. The highest BCUT2D eigenvalue weighted by molar-refractivity contribution is 7.90. The number of nitrogens with zero attached hydrogens (tertiary/aromatic N) is 4. The van der Waals surface area contributed by atoms with Crippen molar-refractivity contribution in [2.75, 3.05) is 6.61 Å². The number of hydrogen-bond donors (Lipinski definition) is 0. The number of ether oxygens (including phenoxy) is 2. The normalized spacial score (nSPS) is 11.6. The van der Waals surface area contributed by atoms with Crippen molar-refractivity contribution < 1.29 is 22.7 Å². The first-order valence-corrected chi connectivity index (χ1v) is 13.4. The second-order valence-corrected chi connectivity index (χ2v) is 10.6. The number of aromatic nitrogens is 4. The first-order chi connectivity index (χ1) is 18.2. The number of pyridine rings is 1. The standard InChI is InChI=1S/C28H26N4O5S/c1-5-36-28(33)22-7-6-8-25(19(22)3)37-26-13-14-29-27-23(26)15-24(20-16-30-31(4)17-20)32(27)38(34,35)21-11-9-18(2)10-12-21/h6-17H,5H2,1-4H3. The summed E-state index contributed by atoms with van der Waals surface area (Å²) in [5.41, 5.74) is 3.16. The molecule has 2 aromatic carbocycles. The van der Waals surface area contributed by atoms with Gasteiger partial charge in [-0.05, 0) is 57.2 Å². The van der Waals surface area contributed by atoms with E-state index in [1.807, 2.05) is 6.92 Å². The maximum absolute atomic E-state index is 13.9. The molecule has 0 N–H and O–H groups in total. The Morgan fingerprint density at radius 2 is 1.79 bits per heavy atom. The van der Waals surface area contributed by atoms with Gasteiger partial charge in [-0.25, -0.2) is 22.2 Å². The lowest BCUT2D eigenvalue weighted by molar-refractivity contribution is 0.0525. The molecule has 0 amide bonds. The van der Waals surface area contributed by atoms with Crippen molar-refractivity contribution in [3.05, 3.63) is 89.9 Å². The van der Waals surface area contributed by atoms with Crippen LogP contribution in [0.25, 0.3) is 22.3 Å². The van der Waals surface area contributed by atoms with E-state index in [2.05, 4.69) is 10.1 Å². The minimum absolute atomic E-state index is 0.136. The van der Waals surface area contributed by atoms with Crippen LogP contribution < -0.4 is 4.74 Å². The molecular weight excluding hydrogens is 504 g/mol. The van der Waals surface area contributed by atoms with Crippen molar-refractivity contribution >= 4 is 27.0 Å². The summed E-state index contributed by atoms with van der Waals surface area (Å²) in [5.74, 6) is 0.395. The molecule has 5 rings (SSSR count). The van der Waals surface area contributed by atoms with E-state index in [0.717, 1.165) is 5.56 Å². The third-order valence-corrected chi connectivity index (χ3v) is 7.90. The maximum atomic E-state index is 13.9. The lowest BCUT2D eigenvalue weighted by Crippen LogP contribution is -2.14. The van der Waals surface area contributed by atoms with Gasteiger partial charge in [0.2, 0.25) is 0 Å². The Morgan fingerprint density at radius 3 is 2.47 bits per heavy atom. The van der Waals surface area contributed by atoms with Crippen molar-refractivity contribution in [2.24, 2.45) is 7.05 Å². The van der Waals surface area contributed by atoms with Gasteiger partial charge in [0.15, 0.2) is 5.65 Å². The highest BCUT2D eigenvalue weighted by Gasteiger charge is 2.27. The van der Waals surface area contributed by atoms with E-state index in [1.54, 1.807) is 92.6 Å². The van der Waals surface area contributed by atoms with Crippen molar-refractivity contribution in [2.45, 2.75) is 25.7 Å². The quantitative estimate of drug-likeness (QED) is 0.264. The zero-order valence-corrected chi connectivity index (χ0v) is 22.2. The number of benzene rings is 2. The van der Waals surface area contributed by atoms with Crippen LogP contribution in [0.1, 0.15) is 28.4 Å². The molecule has 0 unspecified atom stereocenters. The zero-order valence-electron chi connectivity index (χ0n) is 21.4. The van der Waals surface area contributed by atoms with Crippen LogP contribution in [-0.4, -0.2) is 39.7 Å². The van der Waals surface area contributed by atoms with Crippen LogP contribution in [0.2, 0.25) is 0 Å². The number of carbonyl (C=O) groups is 1. The van der Waals surface area contributed by atoms with Gasteiger partial charge in [-0.15, -0.1) is 0 Å². The Labute approximate surface area is 220 Å². The Morgan fingerprint density at radius 1 is 1.03 bits per heavy atom. The second kappa shape index (κ2) is 9.79. The number of esters is 1. The van der Waals surface area contributed by atoms with E-state index >= 15 is 0 Å². The molecule has 5 aromatic rings. The third-order valence-electron chi connectivity index (χ3n) is 6.18. The van der Waals surface area contributed by atoms with E-state index in [1.165, 1.54) is 10.2 Å². The summed E-state index contributed by atoms with van der Waals surface area (Å²) in [6.07, 6.45) is 4.84. The van der Waals surface area contributed by atoms with Crippen LogP contribution in [0.15, 0.2) is 78.1 Å². The zero-order chi connectivity index (χ0) is 27.0. The Kier molecular flexibility index (Phi) is 6.50. The predicted octanol–water partition coefficient (Wildman–Crippen LogP) is 5.26. The Hall–Kier alpha value is -4.44. The first-order valence-electron chi connectivity index (χ1n) is 12.0. The lowest BCUT2D eigenvalue weighted by Gasteiger charge is -2.13. The number of fused-ring (bicyclic) bond motifs is 1. The van der Waals surface area contributed by atoms with Crippen LogP contribution in [0.4, 0.5) is 0 Å². The Balaban J connectivity index is 1.70. The van der Waals surface area contributed by atoms with Gasteiger partial charge in [0.05, 0.1) is 34.3 Å². The summed E-state index contributed by atoms with van der Waals surface area (Å²) in [4.78, 5) is 17.0. The molecule has 0 saturated heterocycles. The first kappa shape index (κ1) is 25.2. The van der Waals surface area contributed by atoms with Crippen LogP contribution in [0, 0.1) is 13.8 Å². The maximum Gasteiger partial charge on any atom is 0.338 e. The van der Waals surface area contributed by atoms with Crippen LogP contribution >= 0.6 is 0 Å². The summed E-state index contributed by atoms with van der Waals surface area (Å²) in [6.45, 7) is 5.67. The van der Waals surface area contributed by atoms with Crippen molar-refractivity contribution in [1.29, 1.82) is 0 Å². The molecule has 0 fully saturated rings. The second-order valence-electron chi connectivity index (χ2n) is 8.81. The fraction of sp³-hybridized carbons (Fsp3) is 0.179. The van der Waals surface area contributed by atoms with E-state index in [4.69, 9.17) is 9.47 Å². The highest BCUT2D eigenvalue weighted by atomic mass is 32.2. The monoisotopic (exact) mass is 530 g/mol. The smallest absolute Gasteiger partial charge is 0.338 e. The van der Waals surface area contributed by atoms with Crippen molar-refractivity contribution in [3.63, 3.8) is 0 Å². The largest absolute Gasteiger partial charge is 0.462 e. The van der Waals surface area contributed by atoms with E-state index in [9.17, 15) is 13.2 Å². The molecule has 0 bridgehead atoms. The molecule has 0 aliphatic rings. The fourth-order valence-electron chi connectivity index (χ4n) is 4.23. The van der Waals surface area contributed by atoms with Gasteiger partial charge in [0.25, 0.3) is 10.0 Å². The molecule has 9 nitrogen and oxygen atoms in total. The SMILES string of the molecule is CCOC(=O)c1cccc(Oc2ccnc3c2cc(-c2cnn(C)c2)n3S(=O)(=O)c2ccc(C)cc2)c1C. The molecule has 0 aliphatic carbocycles. The van der Waals surface area contributed by atoms with Gasteiger partial charge in [-0.1, -0.05) is 23.8 Å². The van der Waals surface area contributed by atoms with Crippen molar-refractivity contribution in [1.82, 2.24) is 18.7 Å². The number of carbonyl (C=O) groups excluding carboxylic acids is 1. The molecule has 0 radical (unpaired) electrons. The summed E-state index contributed by atoms with van der Waals surface area (Å²) in [7, 11) is -2.27. The summed E-state index contributed by atoms with van der Waals surface area (Å²) >= 11 is 0. The predicted molar refractivity (Wildman–Crippen MR) is 143 cm³/mol. The van der Waals surface area contributed by atoms with Crippen LogP contribution in [0.5, 0.6) is 11.5 Å². The minimum Gasteiger partial charge on any atom is -0.462 e. The molecule has 3 aromatic heterocycles. The van der Waals surface area contributed by atoms with Gasteiger partial charge >= 0.3 is 5.97 Å². The molecule has 0 atom stereocenters. The molecule has 3 heterocycles. The van der Waals surface area contributed by atoms with Gasteiger partial charge in [0, 0.05) is 30.6 Å². The van der Waals surface area contributed by atoms with Gasteiger partial charge in [-0.3, -0.25) is 4.68 Å². The fourth-order valence-corrected chi connectivity index (χ4v) is 5.71. The molecule has 0 aliphatic heterocycles. The summed E-state index contributed by atoms with van der Waals surface area (Å²) in [5, 5.41) is 4.72. The number of aryl methyl sites for hydroxylation is 2. The molecule has 0 spiro atoms. The van der Waals surface area contributed by atoms with Gasteiger partial charge in [-0.2, -0.15) is 5.10 Å². The number of hydrogen-bond acceptors (Lipinski definition) is 7. The molecule has 194 valence electrons. The Bertz CT molecular complexity index is 1770. The third kappa shape index (κ3) is 4.43. The lowest BCUT2D eigenvalue weighted by atomic mass is 10.1. The van der Waals surface area contributed by atoms with E-state index in [0.29, 0.717) is 39.3 Å². The number of rotatable bonds is 7. The van der Waals surface area contributed by atoms with Gasteiger partial charge < -0.3 is 9.47 Å². The van der Waals surface area contributed by atoms with Gasteiger partial charge in [0.1, 0.15) is 11.5 Å². The van der Waals surface area contributed by atoms with Crippen LogP contribution in [0.3, 0.4) is 0 Å². The summed E-state index contributed by atoms with van der Waals surface area (Å²) in [6, 6.07) is 15.2. The molecule has 38 heavy (non-hydrogen) atoms. The van der Waals surface area contributed by atoms with E-state index < -0.39 is 16.0 Å². The topological polar surface area (TPSA) is 105 Å². The van der Waals surface area contributed by atoms with Crippen molar-refractivity contribution in [3.8, 4) is 22.8 Å². The minimum atomic E-state index is -4.03. The average molecular weight is 531 g/mol. The molecule has 10 heteroatoms. The average Bonchev–Trinajstić information content (AvgIpc) is 3.50. The van der Waals surface area contributed by atoms with Crippen LogP contribution in [-0.2, 0) is 21.8 Å². The molecule has 0 saturated carbocycles.